The summed E-state index contributed by atoms with van der Waals surface area (Å²) in [6.07, 6.45) is 3.85. The number of halogens is 3. The summed E-state index contributed by atoms with van der Waals surface area (Å²) in [7, 11) is -2.07. The third-order valence-electron chi connectivity index (χ3n) is 8.85. The van der Waals surface area contributed by atoms with Gasteiger partial charge in [0, 0.05) is 69.2 Å². The number of carbonyl (C=O) groups is 1. The Morgan fingerprint density at radius 1 is 0.976 bits per heavy atom. The summed E-state index contributed by atoms with van der Waals surface area (Å²) >= 11 is 0. The molecular weight excluding hydrogens is 567 g/mol. The Morgan fingerprint density at radius 2 is 1.71 bits per heavy atom. The van der Waals surface area contributed by atoms with E-state index in [1.54, 1.807) is 4.31 Å². The van der Waals surface area contributed by atoms with E-state index in [0.717, 1.165) is 44.1 Å². The van der Waals surface area contributed by atoms with Gasteiger partial charge in [0.05, 0.1) is 23.1 Å². The van der Waals surface area contributed by atoms with Crippen LogP contribution in [0.15, 0.2) is 72.0 Å². The normalized spacial score (nSPS) is 21.5. The van der Waals surface area contributed by atoms with Crippen molar-refractivity contribution in [2.24, 2.45) is 5.41 Å². The van der Waals surface area contributed by atoms with Gasteiger partial charge in [-0.15, -0.1) is 0 Å². The number of pyridine rings is 1. The zero-order valence-electron chi connectivity index (χ0n) is 23.2. The van der Waals surface area contributed by atoms with Crippen molar-refractivity contribution in [1.82, 2.24) is 18.8 Å². The molecule has 2 unspecified atom stereocenters. The first-order chi connectivity index (χ1) is 20.2. The second kappa shape index (κ2) is 11.8. The minimum atomic E-state index is -4.62. The fourth-order valence-electron chi connectivity index (χ4n) is 6.49. The first kappa shape index (κ1) is 28.9. The maximum Gasteiger partial charge on any atom is 0.417 e. The number of piperidine rings is 1. The Morgan fingerprint density at radius 3 is 2.48 bits per heavy atom. The molecule has 6 rings (SSSR count). The Balaban J connectivity index is 1.07. The summed E-state index contributed by atoms with van der Waals surface area (Å²) in [5, 5.41) is 0. The number of ether oxygens (including phenoxy) is 1. The number of hydrogen-bond donors (Lipinski definition) is 0. The molecule has 3 aromatic rings. The van der Waals surface area contributed by atoms with E-state index in [4.69, 9.17) is 4.74 Å². The van der Waals surface area contributed by atoms with Gasteiger partial charge in [0.2, 0.25) is 5.91 Å². The molecule has 5 heterocycles. The maximum absolute atomic E-state index is 13.7. The molecular formula is C30H34F3N5O3S. The molecule has 3 aliphatic rings. The van der Waals surface area contributed by atoms with E-state index in [9.17, 15) is 22.2 Å². The lowest BCUT2D eigenvalue weighted by atomic mass is 9.78. The van der Waals surface area contributed by atoms with Crippen LogP contribution in [-0.4, -0.2) is 74.8 Å². The third kappa shape index (κ3) is 5.84. The molecule has 2 saturated heterocycles. The monoisotopic (exact) mass is 601 g/mol. The van der Waals surface area contributed by atoms with Crippen molar-refractivity contribution in [3.05, 3.63) is 78.4 Å². The van der Waals surface area contributed by atoms with Crippen LogP contribution in [0.2, 0.25) is 0 Å². The molecule has 1 aromatic carbocycles. The molecule has 12 heteroatoms. The first-order valence-electron chi connectivity index (χ1n) is 14.2. The van der Waals surface area contributed by atoms with Crippen LogP contribution in [0, 0.1) is 5.41 Å². The van der Waals surface area contributed by atoms with Crippen LogP contribution in [0.25, 0.3) is 0 Å². The second-order valence-corrected chi connectivity index (χ2v) is 12.7. The van der Waals surface area contributed by atoms with Gasteiger partial charge in [-0.3, -0.25) is 9.78 Å². The highest BCUT2D eigenvalue weighted by molar-refractivity contribution is 7.82. The van der Waals surface area contributed by atoms with Gasteiger partial charge in [0.15, 0.2) is 0 Å². The number of likely N-dealkylation sites (tertiary alicyclic amines) is 1. The van der Waals surface area contributed by atoms with Gasteiger partial charge in [0.25, 0.3) is 0 Å². The zero-order valence-corrected chi connectivity index (χ0v) is 24.0. The molecule has 1 amide bonds. The summed E-state index contributed by atoms with van der Waals surface area (Å²) < 4.78 is 64.1. The number of anilines is 1. The van der Waals surface area contributed by atoms with E-state index in [1.807, 2.05) is 52.3 Å². The van der Waals surface area contributed by atoms with E-state index in [0.29, 0.717) is 19.6 Å². The quantitative estimate of drug-likeness (QED) is 0.399. The summed E-state index contributed by atoms with van der Waals surface area (Å²) in [6.45, 7) is 3.99. The Kier molecular flexibility index (Phi) is 8.12. The fraction of sp³-hybridized carbons (Fsp3) is 0.467. The van der Waals surface area contributed by atoms with Gasteiger partial charge in [-0.25, -0.2) is 8.51 Å². The topological polar surface area (TPSA) is 70.9 Å². The highest BCUT2D eigenvalue weighted by Crippen LogP contribution is 2.42. The van der Waals surface area contributed by atoms with Crippen LogP contribution in [0.1, 0.15) is 36.6 Å². The number of hydrogen-bond acceptors (Lipinski definition) is 5. The van der Waals surface area contributed by atoms with E-state index >= 15 is 0 Å². The number of fused-ring (bicyclic) bond motifs is 1. The van der Waals surface area contributed by atoms with Crippen molar-refractivity contribution in [3.63, 3.8) is 0 Å². The number of aromatic nitrogens is 2. The molecule has 2 atom stereocenters. The van der Waals surface area contributed by atoms with Crippen molar-refractivity contribution in [1.29, 1.82) is 0 Å². The van der Waals surface area contributed by atoms with E-state index in [-0.39, 0.29) is 36.0 Å². The van der Waals surface area contributed by atoms with Gasteiger partial charge >= 0.3 is 6.18 Å². The minimum Gasteiger partial charge on any atom is -0.371 e. The molecule has 2 fully saturated rings. The van der Waals surface area contributed by atoms with Crippen molar-refractivity contribution in [2.45, 2.75) is 42.9 Å². The number of alkyl halides is 3. The molecule has 1 spiro atoms. The molecule has 0 N–H and O–H groups in total. The predicted molar refractivity (Wildman–Crippen MR) is 152 cm³/mol. The smallest absolute Gasteiger partial charge is 0.371 e. The van der Waals surface area contributed by atoms with Gasteiger partial charge in [-0.05, 0) is 61.1 Å². The van der Waals surface area contributed by atoms with Crippen LogP contribution < -0.4 is 4.90 Å². The van der Waals surface area contributed by atoms with Crippen molar-refractivity contribution in [2.75, 3.05) is 50.8 Å². The van der Waals surface area contributed by atoms with E-state index in [2.05, 4.69) is 9.88 Å². The lowest BCUT2D eigenvalue weighted by molar-refractivity contribution is -0.140. The number of rotatable bonds is 7. The SMILES string of the molecule is O=C(COCC1c2cccn2CCN1S(=O)c1ccccc1C(F)(F)F)N1CCC2(CC1)CCN(c1ccncc1)C2. The van der Waals surface area contributed by atoms with Crippen LogP contribution in [0.5, 0.6) is 0 Å². The van der Waals surface area contributed by atoms with E-state index < -0.39 is 28.8 Å². The fourth-order valence-corrected chi connectivity index (χ4v) is 7.95. The lowest BCUT2D eigenvalue weighted by Crippen LogP contribution is -2.46. The highest BCUT2D eigenvalue weighted by Gasteiger charge is 2.42. The summed E-state index contributed by atoms with van der Waals surface area (Å²) in [4.78, 5) is 21.2. The standard InChI is InChI=1S/C30H34F3N5O3S/c31-30(32,33)24-4-1-2-6-27(24)42(40)38-19-18-35-14-3-5-25(35)26(38)20-41-21-28(39)36-15-9-29(10-16-36)11-17-37(22-29)23-7-12-34-13-8-23/h1-8,12-14,26H,9-11,15-22H2. The van der Waals surface area contributed by atoms with Gasteiger partial charge in [-0.1, -0.05) is 12.1 Å². The average molecular weight is 602 g/mol. The van der Waals surface area contributed by atoms with Crippen molar-refractivity contribution >= 4 is 22.6 Å². The van der Waals surface area contributed by atoms with Gasteiger partial charge in [0.1, 0.15) is 17.6 Å². The van der Waals surface area contributed by atoms with Gasteiger partial charge < -0.3 is 19.1 Å². The summed E-state index contributed by atoms with van der Waals surface area (Å²) in [6, 6.07) is 12.2. The van der Waals surface area contributed by atoms with Crippen LogP contribution in [-0.2, 0) is 33.2 Å². The maximum atomic E-state index is 13.7. The molecule has 2 aromatic heterocycles. The average Bonchev–Trinajstić information content (AvgIpc) is 3.65. The molecule has 3 aliphatic heterocycles. The van der Waals surface area contributed by atoms with Crippen LogP contribution in [0.4, 0.5) is 18.9 Å². The Bertz CT molecular complexity index is 1420. The molecule has 0 bridgehead atoms. The van der Waals surface area contributed by atoms with E-state index in [1.165, 1.54) is 23.9 Å². The summed E-state index contributed by atoms with van der Waals surface area (Å²) in [5.41, 5.74) is 1.27. The van der Waals surface area contributed by atoms with Crippen molar-refractivity contribution < 1.29 is 26.9 Å². The highest BCUT2D eigenvalue weighted by atomic mass is 32.2. The third-order valence-corrected chi connectivity index (χ3v) is 10.4. The molecule has 8 nitrogen and oxygen atoms in total. The van der Waals surface area contributed by atoms with Crippen LogP contribution >= 0.6 is 0 Å². The number of amides is 1. The van der Waals surface area contributed by atoms with Crippen molar-refractivity contribution in [3.8, 4) is 0 Å². The van der Waals surface area contributed by atoms with Gasteiger partial charge in [-0.2, -0.15) is 13.2 Å². The number of carbonyl (C=O) groups excluding carboxylic acids is 1. The molecule has 0 aliphatic carbocycles. The lowest BCUT2D eigenvalue weighted by Gasteiger charge is -2.39. The molecule has 0 saturated carbocycles. The Labute approximate surface area is 245 Å². The molecule has 42 heavy (non-hydrogen) atoms. The number of nitrogens with zero attached hydrogens (tertiary/aromatic N) is 5. The number of benzene rings is 1. The predicted octanol–water partition coefficient (Wildman–Crippen LogP) is 4.52. The second-order valence-electron chi connectivity index (χ2n) is 11.3. The zero-order chi connectivity index (χ0) is 29.3. The van der Waals surface area contributed by atoms with Crippen LogP contribution in [0.3, 0.4) is 0 Å². The Hall–Kier alpha value is -3.22. The molecule has 224 valence electrons. The minimum absolute atomic E-state index is 0.0361. The first-order valence-corrected chi connectivity index (χ1v) is 15.4. The largest absolute Gasteiger partial charge is 0.417 e. The summed E-state index contributed by atoms with van der Waals surface area (Å²) in [5.74, 6) is -0.102. The molecule has 0 radical (unpaired) electrons.